The summed E-state index contributed by atoms with van der Waals surface area (Å²) in [5.74, 6) is 1.06. The highest BCUT2D eigenvalue weighted by Gasteiger charge is 2.09. The van der Waals surface area contributed by atoms with Gasteiger partial charge in [-0.2, -0.15) is 0 Å². The van der Waals surface area contributed by atoms with Crippen molar-refractivity contribution >= 4 is 5.82 Å². The second kappa shape index (κ2) is 8.03. The molecular weight excluding hydrogens is 214 g/mol. The first-order valence-corrected chi connectivity index (χ1v) is 6.22. The molecule has 1 heterocycles. The van der Waals surface area contributed by atoms with E-state index in [4.69, 9.17) is 4.74 Å². The Morgan fingerprint density at radius 3 is 2.88 bits per heavy atom. The summed E-state index contributed by atoms with van der Waals surface area (Å²) in [5.41, 5.74) is 1.24. The van der Waals surface area contributed by atoms with Gasteiger partial charge in [-0.1, -0.05) is 13.0 Å². The lowest BCUT2D eigenvalue weighted by Crippen LogP contribution is -2.29. The molecule has 0 aliphatic carbocycles. The number of likely N-dealkylation sites (N-methyl/N-ethyl adjacent to an activating group) is 1. The van der Waals surface area contributed by atoms with E-state index in [1.807, 2.05) is 12.3 Å². The van der Waals surface area contributed by atoms with Gasteiger partial charge in [0.25, 0.3) is 0 Å². The van der Waals surface area contributed by atoms with Crippen LogP contribution in [0.5, 0.6) is 0 Å². The molecule has 1 aromatic rings. The van der Waals surface area contributed by atoms with Crippen LogP contribution in [0.25, 0.3) is 0 Å². The van der Waals surface area contributed by atoms with Crippen molar-refractivity contribution in [2.24, 2.45) is 0 Å². The molecular formula is C13H23N3O. The maximum absolute atomic E-state index is 5.13. The van der Waals surface area contributed by atoms with Crippen molar-refractivity contribution in [3.63, 3.8) is 0 Å². The van der Waals surface area contributed by atoms with Crippen LogP contribution in [0.2, 0.25) is 0 Å². The van der Waals surface area contributed by atoms with Crippen LogP contribution < -0.4 is 10.2 Å². The average molecular weight is 237 g/mol. The second-order valence-corrected chi connectivity index (χ2v) is 3.84. The van der Waals surface area contributed by atoms with Crippen molar-refractivity contribution in [3.8, 4) is 0 Å². The summed E-state index contributed by atoms with van der Waals surface area (Å²) in [7, 11) is 1.73. The molecule has 0 bridgehead atoms. The lowest BCUT2D eigenvalue weighted by Gasteiger charge is -2.24. The van der Waals surface area contributed by atoms with Crippen LogP contribution in [0.3, 0.4) is 0 Å². The van der Waals surface area contributed by atoms with E-state index in [1.165, 1.54) is 5.56 Å². The summed E-state index contributed by atoms with van der Waals surface area (Å²) in [6.45, 7) is 8.63. The monoisotopic (exact) mass is 237 g/mol. The van der Waals surface area contributed by atoms with E-state index in [-0.39, 0.29) is 0 Å². The first-order valence-electron chi connectivity index (χ1n) is 6.22. The molecule has 1 N–H and O–H groups in total. The highest BCUT2D eigenvalue weighted by atomic mass is 16.5. The molecule has 0 aliphatic rings. The Morgan fingerprint density at radius 2 is 2.24 bits per heavy atom. The van der Waals surface area contributed by atoms with E-state index in [0.29, 0.717) is 0 Å². The van der Waals surface area contributed by atoms with Crippen LogP contribution >= 0.6 is 0 Å². The fraction of sp³-hybridized carbons (Fsp3) is 0.615. The quantitative estimate of drug-likeness (QED) is 0.746. The highest BCUT2D eigenvalue weighted by molar-refractivity contribution is 5.46. The van der Waals surface area contributed by atoms with Gasteiger partial charge in [-0.25, -0.2) is 4.98 Å². The Balaban J connectivity index is 2.77. The first-order chi connectivity index (χ1) is 8.33. The molecule has 4 heteroatoms. The van der Waals surface area contributed by atoms with Crippen LogP contribution in [0.15, 0.2) is 18.3 Å². The van der Waals surface area contributed by atoms with Crippen LogP contribution in [0, 0.1) is 0 Å². The van der Waals surface area contributed by atoms with Crippen LogP contribution in [-0.2, 0) is 11.3 Å². The van der Waals surface area contributed by atoms with E-state index in [2.05, 4.69) is 35.1 Å². The van der Waals surface area contributed by atoms with E-state index in [9.17, 15) is 0 Å². The minimum atomic E-state index is 0.727. The Labute approximate surface area is 104 Å². The Hall–Kier alpha value is -1.13. The number of ether oxygens (including phenoxy) is 1. The summed E-state index contributed by atoms with van der Waals surface area (Å²) < 4.78 is 5.13. The number of aromatic nitrogens is 1. The third kappa shape index (κ3) is 4.32. The molecule has 0 atom stereocenters. The molecule has 0 spiro atoms. The smallest absolute Gasteiger partial charge is 0.133 e. The number of anilines is 1. The van der Waals surface area contributed by atoms with Gasteiger partial charge in [-0.3, -0.25) is 0 Å². The van der Waals surface area contributed by atoms with Crippen molar-refractivity contribution in [3.05, 3.63) is 23.9 Å². The summed E-state index contributed by atoms with van der Waals surface area (Å²) in [6.07, 6.45) is 1.85. The number of hydrogen-bond acceptors (Lipinski definition) is 4. The Morgan fingerprint density at radius 1 is 1.41 bits per heavy atom. The Kier molecular flexibility index (Phi) is 6.58. The number of rotatable bonds is 8. The molecule has 0 aromatic carbocycles. The van der Waals surface area contributed by atoms with Gasteiger partial charge in [0.15, 0.2) is 0 Å². The van der Waals surface area contributed by atoms with Crippen molar-refractivity contribution in [2.45, 2.75) is 20.4 Å². The summed E-state index contributed by atoms with van der Waals surface area (Å²) in [5, 5.41) is 3.34. The molecule has 0 saturated heterocycles. The summed E-state index contributed by atoms with van der Waals surface area (Å²) in [4.78, 5) is 6.73. The van der Waals surface area contributed by atoms with Crippen LogP contribution in [0.1, 0.15) is 19.4 Å². The molecule has 0 unspecified atom stereocenters. The lowest BCUT2D eigenvalue weighted by atomic mass is 10.2. The molecule has 0 aliphatic heterocycles. The van der Waals surface area contributed by atoms with E-state index in [0.717, 1.165) is 38.6 Å². The zero-order valence-electron chi connectivity index (χ0n) is 11.1. The maximum Gasteiger partial charge on any atom is 0.133 e. The summed E-state index contributed by atoms with van der Waals surface area (Å²) >= 11 is 0. The van der Waals surface area contributed by atoms with Crippen molar-refractivity contribution in [1.82, 2.24) is 10.3 Å². The van der Waals surface area contributed by atoms with E-state index >= 15 is 0 Å². The minimum Gasteiger partial charge on any atom is -0.383 e. The molecule has 1 aromatic heterocycles. The van der Waals surface area contributed by atoms with Crippen molar-refractivity contribution < 1.29 is 4.74 Å². The lowest BCUT2D eigenvalue weighted by molar-refractivity contribution is 0.205. The SMILES string of the molecule is CCNCc1cccnc1N(CC)CCOC. The normalized spacial score (nSPS) is 10.5. The number of nitrogens with zero attached hydrogens (tertiary/aromatic N) is 2. The molecule has 0 amide bonds. The predicted molar refractivity (Wildman–Crippen MR) is 71.4 cm³/mol. The molecule has 1 rings (SSSR count). The second-order valence-electron chi connectivity index (χ2n) is 3.84. The minimum absolute atomic E-state index is 0.727. The molecule has 0 radical (unpaired) electrons. The average Bonchev–Trinajstić information content (AvgIpc) is 2.38. The fourth-order valence-electron chi connectivity index (χ4n) is 1.73. The number of nitrogens with one attached hydrogen (secondary N) is 1. The van der Waals surface area contributed by atoms with E-state index in [1.54, 1.807) is 7.11 Å². The number of methoxy groups -OCH3 is 1. The third-order valence-corrected chi connectivity index (χ3v) is 2.68. The van der Waals surface area contributed by atoms with Gasteiger partial charge in [0, 0.05) is 38.5 Å². The first kappa shape index (κ1) is 13.9. The van der Waals surface area contributed by atoms with Gasteiger partial charge < -0.3 is 15.0 Å². The van der Waals surface area contributed by atoms with Crippen LogP contribution in [-0.4, -0.2) is 38.3 Å². The van der Waals surface area contributed by atoms with Crippen LogP contribution in [0.4, 0.5) is 5.82 Å². The fourth-order valence-corrected chi connectivity index (χ4v) is 1.73. The van der Waals surface area contributed by atoms with Gasteiger partial charge in [0.1, 0.15) is 5.82 Å². The van der Waals surface area contributed by atoms with Gasteiger partial charge in [0.05, 0.1) is 6.61 Å². The van der Waals surface area contributed by atoms with Crippen molar-refractivity contribution in [1.29, 1.82) is 0 Å². The van der Waals surface area contributed by atoms with Crippen molar-refractivity contribution in [2.75, 3.05) is 38.3 Å². The van der Waals surface area contributed by atoms with Gasteiger partial charge in [-0.15, -0.1) is 0 Å². The molecule has 0 saturated carbocycles. The Bertz CT molecular complexity index is 317. The highest BCUT2D eigenvalue weighted by Crippen LogP contribution is 2.16. The van der Waals surface area contributed by atoms with E-state index < -0.39 is 0 Å². The molecule has 0 fully saturated rings. The predicted octanol–water partition coefficient (Wildman–Crippen LogP) is 1.66. The maximum atomic E-state index is 5.13. The topological polar surface area (TPSA) is 37.4 Å². The summed E-state index contributed by atoms with van der Waals surface area (Å²) in [6, 6.07) is 4.11. The zero-order chi connectivity index (χ0) is 12.5. The number of hydrogen-bond donors (Lipinski definition) is 1. The number of pyridine rings is 1. The molecule has 96 valence electrons. The van der Waals surface area contributed by atoms with Gasteiger partial charge >= 0.3 is 0 Å². The molecule has 4 nitrogen and oxygen atoms in total. The third-order valence-electron chi connectivity index (χ3n) is 2.68. The standard InChI is InChI=1S/C13H23N3O/c1-4-14-11-12-7-6-8-15-13(12)16(5-2)9-10-17-3/h6-8,14H,4-5,9-11H2,1-3H3. The largest absolute Gasteiger partial charge is 0.383 e. The van der Waals surface area contributed by atoms with Gasteiger partial charge in [-0.05, 0) is 19.5 Å². The van der Waals surface area contributed by atoms with Gasteiger partial charge in [0.2, 0.25) is 0 Å². The zero-order valence-corrected chi connectivity index (χ0v) is 11.1. The molecule has 17 heavy (non-hydrogen) atoms.